The molecule has 1 aliphatic rings. The largest absolute Gasteiger partial charge is 0.314 e. The molecular formula is C6H14N2OS. The maximum absolute atomic E-state index is 10.6. The summed E-state index contributed by atoms with van der Waals surface area (Å²) in [7, 11) is -0.643. The van der Waals surface area contributed by atoms with Gasteiger partial charge in [0.25, 0.3) is 0 Å². The van der Waals surface area contributed by atoms with Crippen LogP contribution in [0, 0.1) is 0 Å². The highest BCUT2D eigenvalue weighted by Gasteiger charge is 2.14. The smallest absolute Gasteiger partial charge is 0.0357 e. The Labute approximate surface area is 64.0 Å². The van der Waals surface area contributed by atoms with Crippen LogP contribution in [0.15, 0.2) is 0 Å². The molecule has 1 rings (SSSR count). The lowest BCUT2D eigenvalue weighted by Gasteiger charge is -2.27. The maximum atomic E-state index is 10.6. The molecule has 0 aromatic carbocycles. The molecule has 1 fully saturated rings. The highest BCUT2D eigenvalue weighted by molar-refractivity contribution is 7.84. The van der Waals surface area contributed by atoms with E-state index in [0.717, 1.165) is 25.4 Å². The van der Waals surface area contributed by atoms with Crippen LogP contribution in [0.1, 0.15) is 0 Å². The van der Waals surface area contributed by atoms with Crippen molar-refractivity contribution in [1.29, 1.82) is 0 Å². The van der Waals surface area contributed by atoms with Gasteiger partial charge >= 0.3 is 0 Å². The predicted octanol–water partition coefficient (Wildman–Crippen LogP) is -1.07. The lowest BCUT2D eigenvalue weighted by molar-refractivity contribution is 0.374. The van der Waals surface area contributed by atoms with Crippen LogP contribution in [0.3, 0.4) is 0 Å². The number of hydrogen-bond acceptors (Lipinski definition) is 3. The third kappa shape index (κ3) is 2.77. The van der Waals surface area contributed by atoms with Gasteiger partial charge in [-0.3, -0.25) is 4.21 Å². The number of rotatable bonds is 4. The highest BCUT2D eigenvalue weighted by Crippen LogP contribution is 1.88. The molecule has 60 valence electrons. The van der Waals surface area contributed by atoms with Gasteiger partial charge < -0.3 is 10.6 Å². The normalized spacial score (nSPS) is 22.1. The second-order valence-electron chi connectivity index (χ2n) is 2.59. The zero-order valence-electron chi connectivity index (χ0n) is 6.22. The standard InChI is InChI=1S/C6H14N2OS/c1-10(9)3-2-8-6-4-7-5-6/h6-8H,2-5H2,1H3. The van der Waals surface area contributed by atoms with E-state index < -0.39 is 10.8 Å². The van der Waals surface area contributed by atoms with E-state index in [4.69, 9.17) is 0 Å². The van der Waals surface area contributed by atoms with Crippen molar-refractivity contribution in [2.24, 2.45) is 0 Å². The van der Waals surface area contributed by atoms with Crippen LogP contribution in [-0.2, 0) is 10.8 Å². The molecule has 0 aliphatic carbocycles. The Morgan fingerprint density at radius 2 is 2.40 bits per heavy atom. The minimum absolute atomic E-state index is 0.628. The summed E-state index contributed by atoms with van der Waals surface area (Å²) < 4.78 is 10.6. The van der Waals surface area contributed by atoms with E-state index in [0.29, 0.717) is 6.04 Å². The summed E-state index contributed by atoms with van der Waals surface area (Å²) in [6.45, 7) is 3.02. The van der Waals surface area contributed by atoms with Crippen LogP contribution in [0.2, 0.25) is 0 Å². The van der Waals surface area contributed by atoms with Crippen LogP contribution in [-0.4, -0.2) is 41.9 Å². The Bertz CT molecular complexity index is 125. The van der Waals surface area contributed by atoms with Gasteiger partial charge in [0, 0.05) is 48.5 Å². The molecule has 0 amide bonds. The van der Waals surface area contributed by atoms with Crippen molar-refractivity contribution >= 4 is 10.8 Å². The first kappa shape index (κ1) is 8.17. The Balaban J connectivity index is 1.89. The Kier molecular flexibility index (Phi) is 3.31. The SMILES string of the molecule is CS(=O)CCNC1CNC1. The van der Waals surface area contributed by atoms with E-state index in [2.05, 4.69) is 10.6 Å². The Morgan fingerprint density at radius 1 is 1.70 bits per heavy atom. The zero-order chi connectivity index (χ0) is 7.40. The average molecular weight is 162 g/mol. The van der Waals surface area contributed by atoms with Crippen molar-refractivity contribution in [2.75, 3.05) is 31.6 Å². The molecule has 1 unspecified atom stereocenters. The Morgan fingerprint density at radius 3 is 2.80 bits per heavy atom. The second-order valence-corrected chi connectivity index (χ2v) is 4.14. The van der Waals surface area contributed by atoms with E-state index in [1.807, 2.05) is 0 Å². The van der Waals surface area contributed by atoms with Gasteiger partial charge in [-0.15, -0.1) is 0 Å². The molecule has 1 heterocycles. The van der Waals surface area contributed by atoms with Crippen molar-refractivity contribution in [3.8, 4) is 0 Å². The molecule has 10 heavy (non-hydrogen) atoms. The molecule has 0 spiro atoms. The second kappa shape index (κ2) is 4.05. The van der Waals surface area contributed by atoms with Crippen LogP contribution < -0.4 is 10.6 Å². The molecule has 4 heteroatoms. The third-order valence-corrected chi connectivity index (χ3v) is 2.38. The van der Waals surface area contributed by atoms with Gasteiger partial charge in [-0.05, 0) is 0 Å². The topological polar surface area (TPSA) is 41.1 Å². The van der Waals surface area contributed by atoms with Crippen LogP contribution >= 0.6 is 0 Å². The van der Waals surface area contributed by atoms with Crippen molar-refractivity contribution in [3.63, 3.8) is 0 Å². The maximum Gasteiger partial charge on any atom is 0.0357 e. The van der Waals surface area contributed by atoms with Gasteiger partial charge in [0.15, 0.2) is 0 Å². The first-order chi connectivity index (χ1) is 4.79. The van der Waals surface area contributed by atoms with Crippen LogP contribution in [0.4, 0.5) is 0 Å². The molecule has 0 aromatic heterocycles. The summed E-state index contributed by atoms with van der Waals surface area (Å²) in [6, 6.07) is 0.628. The predicted molar refractivity (Wildman–Crippen MR) is 43.6 cm³/mol. The molecule has 0 aromatic rings. The fourth-order valence-corrected chi connectivity index (χ4v) is 1.25. The van der Waals surface area contributed by atoms with Gasteiger partial charge in [-0.1, -0.05) is 0 Å². The van der Waals surface area contributed by atoms with Crippen molar-refractivity contribution in [2.45, 2.75) is 6.04 Å². The molecule has 1 atom stereocenters. The first-order valence-electron chi connectivity index (χ1n) is 3.53. The Hall–Kier alpha value is 0.0700. The van der Waals surface area contributed by atoms with E-state index >= 15 is 0 Å². The van der Waals surface area contributed by atoms with E-state index in [1.54, 1.807) is 6.26 Å². The van der Waals surface area contributed by atoms with Gasteiger partial charge in [0.1, 0.15) is 0 Å². The lowest BCUT2D eigenvalue weighted by atomic mass is 10.2. The summed E-state index contributed by atoms with van der Waals surface area (Å²) in [5, 5.41) is 6.46. The van der Waals surface area contributed by atoms with E-state index in [-0.39, 0.29) is 0 Å². The summed E-state index contributed by atoms with van der Waals surface area (Å²) in [4.78, 5) is 0. The van der Waals surface area contributed by atoms with E-state index in [9.17, 15) is 4.21 Å². The highest BCUT2D eigenvalue weighted by atomic mass is 32.2. The number of nitrogens with one attached hydrogen (secondary N) is 2. The molecule has 1 saturated heterocycles. The summed E-state index contributed by atoms with van der Waals surface area (Å²) in [5.74, 6) is 0.774. The fourth-order valence-electron chi connectivity index (χ4n) is 0.840. The van der Waals surface area contributed by atoms with Crippen molar-refractivity contribution in [3.05, 3.63) is 0 Å². The fraction of sp³-hybridized carbons (Fsp3) is 1.00. The molecule has 1 aliphatic heterocycles. The third-order valence-electron chi connectivity index (χ3n) is 1.60. The molecular weight excluding hydrogens is 148 g/mol. The number of hydrogen-bond donors (Lipinski definition) is 2. The first-order valence-corrected chi connectivity index (χ1v) is 5.26. The monoisotopic (exact) mass is 162 g/mol. The van der Waals surface area contributed by atoms with Gasteiger partial charge in [0.05, 0.1) is 0 Å². The molecule has 3 nitrogen and oxygen atoms in total. The van der Waals surface area contributed by atoms with Gasteiger partial charge in [0.2, 0.25) is 0 Å². The quantitative estimate of drug-likeness (QED) is 0.553. The lowest BCUT2D eigenvalue weighted by Crippen LogP contribution is -2.55. The van der Waals surface area contributed by atoms with Gasteiger partial charge in [-0.2, -0.15) is 0 Å². The van der Waals surface area contributed by atoms with Crippen molar-refractivity contribution in [1.82, 2.24) is 10.6 Å². The molecule has 2 N–H and O–H groups in total. The van der Waals surface area contributed by atoms with Gasteiger partial charge in [-0.25, -0.2) is 0 Å². The summed E-state index contributed by atoms with van der Waals surface area (Å²) >= 11 is 0. The molecule has 0 saturated carbocycles. The zero-order valence-corrected chi connectivity index (χ0v) is 7.04. The van der Waals surface area contributed by atoms with Crippen LogP contribution in [0.5, 0.6) is 0 Å². The summed E-state index contributed by atoms with van der Waals surface area (Å²) in [5.41, 5.74) is 0. The van der Waals surface area contributed by atoms with Crippen LogP contribution in [0.25, 0.3) is 0 Å². The van der Waals surface area contributed by atoms with Crippen molar-refractivity contribution < 1.29 is 4.21 Å². The molecule has 0 bridgehead atoms. The summed E-state index contributed by atoms with van der Waals surface area (Å²) in [6.07, 6.45) is 1.74. The van der Waals surface area contributed by atoms with E-state index in [1.165, 1.54) is 0 Å². The minimum atomic E-state index is -0.643. The average Bonchev–Trinajstić information content (AvgIpc) is 1.75. The minimum Gasteiger partial charge on any atom is -0.314 e. The molecule has 0 radical (unpaired) electrons.